The van der Waals surface area contributed by atoms with E-state index in [2.05, 4.69) is 19.1 Å². The first-order valence-corrected chi connectivity index (χ1v) is 11.6. The zero-order chi connectivity index (χ0) is 26.2. The summed E-state index contributed by atoms with van der Waals surface area (Å²) in [5.74, 6) is -1.20. The molecule has 0 bridgehead atoms. The largest absolute Gasteiger partial charge is 0.478 e. The van der Waals surface area contributed by atoms with Gasteiger partial charge < -0.3 is 14.9 Å². The van der Waals surface area contributed by atoms with E-state index in [0.29, 0.717) is 16.7 Å². The highest BCUT2D eigenvalue weighted by atomic mass is 16.5. The van der Waals surface area contributed by atoms with E-state index in [9.17, 15) is 14.4 Å². The maximum atomic E-state index is 11.9. The van der Waals surface area contributed by atoms with Crippen molar-refractivity contribution in [3.8, 4) is 0 Å². The molecule has 0 fully saturated rings. The van der Waals surface area contributed by atoms with E-state index in [-0.39, 0.29) is 5.97 Å². The number of unbranched alkanes of at least 4 members (excludes halogenated alkanes) is 1. The van der Waals surface area contributed by atoms with Gasteiger partial charge in [0.05, 0.1) is 16.7 Å². The lowest BCUT2D eigenvalue weighted by Gasteiger charge is -2.08. The minimum absolute atomic E-state index is 0.261. The molecule has 186 valence electrons. The number of hydrogen-bond donors (Lipinski definition) is 2. The van der Waals surface area contributed by atoms with Crippen molar-refractivity contribution < 1.29 is 29.3 Å². The van der Waals surface area contributed by atoms with Gasteiger partial charge in [-0.1, -0.05) is 80.1 Å². The first-order valence-electron chi connectivity index (χ1n) is 11.6. The minimum Gasteiger partial charge on any atom is -0.478 e. The van der Waals surface area contributed by atoms with Gasteiger partial charge in [0, 0.05) is 6.42 Å². The monoisotopic (exact) mass is 486 g/mol. The quantitative estimate of drug-likeness (QED) is 0.348. The highest BCUT2D eigenvalue weighted by Crippen LogP contribution is 2.25. The lowest BCUT2D eigenvalue weighted by molar-refractivity contribution is 0.0615. The van der Waals surface area contributed by atoms with Crippen LogP contribution < -0.4 is 0 Å². The second-order valence-corrected chi connectivity index (χ2v) is 7.76. The summed E-state index contributed by atoms with van der Waals surface area (Å²) in [5.41, 5.74) is 2.43. The number of hydrogen-bond acceptors (Lipinski definition) is 4. The van der Waals surface area contributed by atoms with Crippen molar-refractivity contribution in [3.05, 3.63) is 131 Å². The first kappa shape index (κ1) is 27.8. The summed E-state index contributed by atoms with van der Waals surface area (Å²) in [7, 11) is 0. The first-order chi connectivity index (χ1) is 17.4. The molecule has 3 aromatic carbocycles. The third kappa shape index (κ3) is 9.81. The molecular weight excluding hydrogens is 456 g/mol. The molecule has 0 heterocycles. The lowest BCUT2D eigenvalue weighted by atomic mass is 10.1. The molecule has 0 unspecified atom stereocenters. The number of carbonyl (C=O) groups excluding carboxylic acids is 1. The Morgan fingerprint density at radius 1 is 0.722 bits per heavy atom. The molecule has 0 atom stereocenters. The van der Waals surface area contributed by atoms with E-state index in [1.165, 1.54) is 5.57 Å². The molecule has 0 aromatic heterocycles. The number of carbonyl (C=O) groups is 3. The molecule has 3 aromatic rings. The third-order valence-electron chi connectivity index (χ3n) is 5.05. The van der Waals surface area contributed by atoms with Crippen LogP contribution in [0.5, 0.6) is 0 Å². The average Bonchev–Trinajstić information content (AvgIpc) is 3.36. The Bertz CT molecular complexity index is 1120. The van der Waals surface area contributed by atoms with Crippen molar-refractivity contribution >= 4 is 17.9 Å². The van der Waals surface area contributed by atoms with Crippen molar-refractivity contribution in [2.45, 2.75) is 32.6 Å². The normalized spacial score (nSPS) is 11.5. The van der Waals surface area contributed by atoms with Crippen molar-refractivity contribution in [2.75, 3.05) is 0 Å². The van der Waals surface area contributed by atoms with Gasteiger partial charge in [-0.3, -0.25) is 0 Å². The van der Waals surface area contributed by atoms with E-state index < -0.39 is 11.9 Å². The lowest BCUT2D eigenvalue weighted by Crippen LogP contribution is -2.05. The van der Waals surface area contributed by atoms with Crippen LogP contribution in [0.15, 0.2) is 114 Å². The van der Waals surface area contributed by atoms with E-state index in [0.717, 1.165) is 31.4 Å². The molecule has 0 aliphatic heterocycles. The molecule has 4 rings (SSSR count). The van der Waals surface area contributed by atoms with Gasteiger partial charge in [0.1, 0.15) is 5.76 Å². The Kier molecular flexibility index (Phi) is 11.9. The molecule has 6 nitrogen and oxygen atoms in total. The minimum atomic E-state index is -0.879. The molecule has 2 N–H and O–H groups in total. The van der Waals surface area contributed by atoms with Crippen LogP contribution in [-0.4, -0.2) is 28.1 Å². The molecule has 0 radical (unpaired) electrons. The fourth-order valence-corrected chi connectivity index (χ4v) is 3.14. The summed E-state index contributed by atoms with van der Waals surface area (Å²) in [6.07, 6.45) is 8.13. The van der Waals surface area contributed by atoms with Crippen LogP contribution in [0.2, 0.25) is 0 Å². The summed E-state index contributed by atoms with van der Waals surface area (Å²) in [5, 5.41) is 16.8. The average molecular weight is 487 g/mol. The number of aromatic carboxylic acids is 2. The second kappa shape index (κ2) is 15.5. The van der Waals surface area contributed by atoms with Crippen molar-refractivity contribution in [2.24, 2.45) is 0 Å². The van der Waals surface area contributed by atoms with Gasteiger partial charge >= 0.3 is 17.9 Å². The van der Waals surface area contributed by atoms with Crippen LogP contribution in [0.1, 0.15) is 63.7 Å². The van der Waals surface area contributed by atoms with Gasteiger partial charge in [0.15, 0.2) is 0 Å². The van der Waals surface area contributed by atoms with Gasteiger partial charge in [0.2, 0.25) is 0 Å². The smallest absolute Gasteiger partial charge is 0.343 e. The van der Waals surface area contributed by atoms with Crippen LogP contribution in [0.25, 0.3) is 0 Å². The van der Waals surface area contributed by atoms with Crippen molar-refractivity contribution in [3.63, 3.8) is 0 Å². The number of esters is 1. The van der Waals surface area contributed by atoms with Crippen LogP contribution in [0.3, 0.4) is 0 Å². The number of allylic oxidation sites excluding steroid dienone is 3. The zero-order valence-corrected chi connectivity index (χ0v) is 20.2. The third-order valence-corrected chi connectivity index (χ3v) is 5.05. The Hall–Kier alpha value is -4.45. The Morgan fingerprint density at radius 3 is 1.56 bits per heavy atom. The fourth-order valence-electron chi connectivity index (χ4n) is 3.14. The molecule has 0 saturated carbocycles. The predicted octanol–water partition coefficient (Wildman–Crippen LogP) is 7.02. The Labute approximate surface area is 211 Å². The van der Waals surface area contributed by atoms with Gasteiger partial charge in [-0.15, -0.1) is 0 Å². The molecule has 1 aliphatic rings. The van der Waals surface area contributed by atoms with Gasteiger partial charge in [-0.2, -0.15) is 0 Å². The van der Waals surface area contributed by atoms with E-state index in [1.807, 2.05) is 18.2 Å². The van der Waals surface area contributed by atoms with Crippen LogP contribution >= 0.6 is 0 Å². The van der Waals surface area contributed by atoms with Gasteiger partial charge in [-0.25, -0.2) is 14.4 Å². The molecule has 0 spiro atoms. The molecule has 0 saturated heterocycles. The molecular formula is C30H30O6. The predicted molar refractivity (Wildman–Crippen MR) is 139 cm³/mol. The molecule has 0 amide bonds. The number of benzene rings is 3. The maximum Gasteiger partial charge on any atom is 0.343 e. The highest BCUT2D eigenvalue weighted by molar-refractivity contribution is 5.90. The summed E-state index contributed by atoms with van der Waals surface area (Å²) >= 11 is 0. The van der Waals surface area contributed by atoms with Crippen LogP contribution in [0, 0.1) is 0 Å². The standard InChI is InChI=1S/C16H18O2.2C7H6O2/c1-2-3-8-13-11-7-12-15(13)18-16(17)14-9-5-4-6-10-14;2*8-7(9)6-4-2-1-3-5-6/h4-7,9-11H,2-3,8,12H2,1H3;2*1-5H,(H,8,9). The van der Waals surface area contributed by atoms with Crippen LogP contribution in [-0.2, 0) is 4.74 Å². The fraction of sp³-hybridized carbons (Fsp3) is 0.167. The Balaban J connectivity index is 0.000000212. The summed E-state index contributed by atoms with van der Waals surface area (Å²) in [4.78, 5) is 32.3. The topological polar surface area (TPSA) is 101 Å². The van der Waals surface area contributed by atoms with E-state index in [1.54, 1.807) is 72.8 Å². The maximum absolute atomic E-state index is 11.9. The molecule has 36 heavy (non-hydrogen) atoms. The number of ether oxygens (including phenoxy) is 1. The van der Waals surface area contributed by atoms with Crippen LogP contribution in [0.4, 0.5) is 0 Å². The zero-order valence-electron chi connectivity index (χ0n) is 20.2. The second-order valence-electron chi connectivity index (χ2n) is 7.76. The molecule has 6 heteroatoms. The Morgan fingerprint density at radius 2 is 1.17 bits per heavy atom. The summed E-state index contributed by atoms with van der Waals surface area (Å²) < 4.78 is 5.49. The van der Waals surface area contributed by atoms with E-state index >= 15 is 0 Å². The summed E-state index contributed by atoms with van der Waals surface area (Å²) in [6, 6.07) is 25.7. The van der Waals surface area contributed by atoms with Gasteiger partial charge in [0.25, 0.3) is 0 Å². The van der Waals surface area contributed by atoms with Crippen molar-refractivity contribution in [1.82, 2.24) is 0 Å². The number of carboxylic acid groups (broad SMARTS) is 2. The number of carboxylic acids is 2. The van der Waals surface area contributed by atoms with Gasteiger partial charge in [-0.05, 0) is 54.8 Å². The molecule has 1 aliphatic carbocycles. The highest BCUT2D eigenvalue weighted by Gasteiger charge is 2.15. The SMILES string of the molecule is CCCCC1=C(OC(=O)c2ccccc2)CC=C1.O=C(O)c1ccccc1.O=C(O)c1ccccc1. The number of rotatable bonds is 7. The summed E-state index contributed by atoms with van der Waals surface area (Å²) in [6.45, 7) is 2.16. The van der Waals surface area contributed by atoms with E-state index in [4.69, 9.17) is 14.9 Å². The van der Waals surface area contributed by atoms with Crippen molar-refractivity contribution in [1.29, 1.82) is 0 Å².